The lowest BCUT2D eigenvalue weighted by atomic mass is 10.0. The first-order chi connectivity index (χ1) is 11.4. The lowest BCUT2D eigenvalue weighted by Crippen LogP contribution is -2.45. The Morgan fingerprint density at radius 3 is 2.46 bits per heavy atom. The van der Waals surface area contributed by atoms with Crippen molar-refractivity contribution in [2.24, 2.45) is 5.73 Å². The Kier molecular flexibility index (Phi) is 5.76. The second kappa shape index (κ2) is 7.79. The van der Waals surface area contributed by atoms with Gasteiger partial charge in [0, 0.05) is 12.0 Å². The molecule has 0 bridgehead atoms. The van der Waals surface area contributed by atoms with E-state index in [2.05, 4.69) is 5.32 Å². The summed E-state index contributed by atoms with van der Waals surface area (Å²) >= 11 is 6.04. The zero-order chi connectivity index (χ0) is 17.7. The normalized spacial score (nSPS) is 11.6. The third kappa shape index (κ3) is 4.45. The van der Waals surface area contributed by atoms with Crippen LogP contribution in [0.3, 0.4) is 0 Å². The van der Waals surface area contributed by atoms with Gasteiger partial charge in [0.25, 0.3) is 5.91 Å². The molecule has 3 N–H and O–H groups in total. The third-order valence-electron chi connectivity index (χ3n) is 3.41. The lowest BCUT2D eigenvalue weighted by Gasteiger charge is -2.16. The molecule has 7 heteroatoms. The number of hydrogen-bond acceptors (Lipinski definition) is 3. The number of primary amides is 1. The summed E-state index contributed by atoms with van der Waals surface area (Å²) in [6, 6.07) is 9.09. The molecule has 0 saturated carbocycles. The molecule has 0 heterocycles. The molecule has 0 aliphatic rings. The van der Waals surface area contributed by atoms with Crippen LogP contribution in [0.25, 0.3) is 0 Å². The van der Waals surface area contributed by atoms with Crippen molar-refractivity contribution >= 4 is 23.4 Å². The molecule has 2 aromatic rings. The van der Waals surface area contributed by atoms with Crippen molar-refractivity contribution in [2.45, 2.75) is 12.5 Å². The number of carbonyl (C=O) groups is 2. The molecule has 0 aliphatic carbocycles. The average molecular weight is 351 g/mol. The van der Waals surface area contributed by atoms with Crippen LogP contribution < -0.4 is 15.8 Å². The van der Waals surface area contributed by atoms with Crippen molar-refractivity contribution in [1.29, 1.82) is 0 Å². The highest BCUT2D eigenvalue weighted by Gasteiger charge is 2.20. The summed E-state index contributed by atoms with van der Waals surface area (Å²) in [7, 11) is 1.50. The first-order valence-electron chi connectivity index (χ1n) is 7.09. The minimum absolute atomic E-state index is 0.173. The van der Waals surface area contributed by atoms with Crippen molar-refractivity contribution in [2.75, 3.05) is 7.11 Å². The van der Waals surface area contributed by atoms with E-state index in [0.717, 1.165) is 12.1 Å². The minimum Gasteiger partial charge on any atom is -0.495 e. The van der Waals surface area contributed by atoms with Crippen LogP contribution in [0.5, 0.6) is 5.75 Å². The number of nitrogens with one attached hydrogen (secondary N) is 1. The molecule has 2 aromatic carbocycles. The van der Waals surface area contributed by atoms with Crippen LogP contribution in [0.2, 0.25) is 5.02 Å². The van der Waals surface area contributed by atoms with Crippen LogP contribution in [-0.4, -0.2) is 25.0 Å². The number of rotatable bonds is 6. The number of nitrogens with two attached hydrogens (primary N) is 1. The number of halogens is 2. The van der Waals surface area contributed by atoms with Gasteiger partial charge < -0.3 is 15.8 Å². The van der Waals surface area contributed by atoms with Gasteiger partial charge in [-0.05, 0) is 42.0 Å². The lowest BCUT2D eigenvalue weighted by molar-refractivity contribution is -0.119. The predicted octanol–water partition coefficient (Wildman–Crippen LogP) is 2.31. The van der Waals surface area contributed by atoms with E-state index in [4.69, 9.17) is 22.1 Å². The number of amides is 2. The fourth-order valence-corrected chi connectivity index (χ4v) is 2.42. The number of carbonyl (C=O) groups excluding carboxylic acids is 2. The van der Waals surface area contributed by atoms with Crippen molar-refractivity contribution in [3.05, 3.63) is 64.4 Å². The standard InChI is InChI=1S/C17H16ClFN2O3/c1-24-15-7-2-10(8-13(15)18)9-14(16(20)22)21-17(23)11-3-5-12(19)6-4-11/h2-8,14H,9H2,1H3,(H2,20,22)(H,21,23)/t14-/m1/s1. The van der Waals surface area contributed by atoms with Gasteiger partial charge >= 0.3 is 0 Å². The summed E-state index contributed by atoms with van der Waals surface area (Å²) < 4.78 is 18.0. The van der Waals surface area contributed by atoms with Crippen LogP contribution >= 0.6 is 11.6 Å². The molecule has 1 atom stereocenters. The van der Waals surface area contributed by atoms with Gasteiger partial charge in [-0.3, -0.25) is 9.59 Å². The van der Waals surface area contributed by atoms with Gasteiger partial charge in [0.15, 0.2) is 0 Å². The quantitative estimate of drug-likeness (QED) is 0.838. The molecular weight excluding hydrogens is 335 g/mol. The van der Waals surface area contributed by atoms with Gasteiger partial charge in [-0.25, -0.2) is 4.39 Å². The van der Waals surface area contributed by atoms with Crippen LogP contribution in [-0.2, 0) is 11.2 Å². The molecule has 0 spiro atoms. The second-order valence-corrected chi connectivity index (χ2v) is 5.52. The molecule has 5 nitrogen and oxygen atoms in total. The summed E-state index contributed by atoms with van der Waals surface area (Å²) in [4.78, 5) is 23.8. The van der Waals surface area contributed by atoms with Gasteiger partial charge in [0.05, 0.1) is 12.1 Å². The number of methoxy groups -OCH3 is 1. The molecule has 0 unspecified atom stereocenters. The fraction of sp³-hybridized carbons (Fsp3) is 0.176. The topological polar surface area (TPSA) is 81.4 Å². The average Bonchev–Trinajstić information content (AvgIpc) is 2.54. The monoisotopic (exact) mass is 350 g/mol. The molecule has 0 aromatic heterocycles. The summed E-state index contributed by atoms with van der Waals surface area (Å²) in [5.41, 5.74) is 6.30. The SMILES string of the molecule is COc1ccc(C[C@@H](NC(=O)c2ccc(F)cc2)C(N)=O)cc1Cl. The maximum absolute atomic E-state index is 12.9. The largest absolute Gasteiger partial charge is 0.495 e. The van der Waals surface area contributed by atoms with Gasteiger partial charge in [-0.2, -0.15) is 0 Å². The first-order valence-corrected chi connectivity index (χ1v) is 7.46. The molecule has 0 fully saturated rings. The molecule has 24 heavy (non-hydrogen) atoms. The molecule has 126 valence electrons. The van der Waals surface area contributed by atoms with E-state index >= 15 is 0 Å². The Morgan fingerprint density at radius 1 is 1.25 bits per heavy atom. The van der Waals surface area contributed by atoms with Crippen molar-refractivity contribution in [3.8, 4) is 5.75 Å². The van der Waals surface area contributed by atoms with Crippen molar-refractivity contribution < 1.29 is 18.7 Å². The summed E-state index contributed by atoms with van der Waals surface area (Å²) in [5.74, 6) is -1.15. The van der Waals surface area contributed by atoms with Gasteiger partial charge in [-0.15, -0.1) is 0 Å². The zero-order valence-electron chi connectivity index (χ0n) is 12.9. The highest BCUT2D eigenvalue weighted by atomic mass is 35.5. The Hall–Kier alpha value is -2.60. The van der Waals surface area contributed by atoms with Gasteiger partial charge in [-0.1, -0.05) is 17.7 Å². The molecule has 2 amide bonds. The molecule has 0 aliphatic heterocycles. The van der Waals surface area contributed by atoms with E-state index in [1.807, 2.05) is 0 Å². The zero-order valence-corrected chi connectivity index (χ0v) is 13.6. The van der Waals surface area contributed by atoms with E-state index < -0.39 is 23.7 Å². The second-order valence-electron chi connectivity index (χ2n) is 5.11. The predicted molar refractivity (Wildman–Crippen MR) is 88.6 cm³/mol. The number of hydrogen-bond donors (Lipinski definition) is 2. The van der Waals surface area contributed by atoms with Crippen LogP contribution in [0.4, 0.5) is 4.39 Å². The molecule has 2 rings (SSSR count). The van der Waals surface area contributed by atoms with Gasteiger partial charge in [0.1, 0.15) is 17.6 Å². The van der Waals surface area contributed by atoms with E-state index in [1.165, 1.54) is 19.2 Å². The van der Waals surface area contributed by atoms with Crippen molar-refractivity contribution in [1.82, 2.24) is 5.32 Å². The maximum Gasteiger partial charge on any atom is 0.251 e. The smallest absolute Gasteiger partial charge is 0.251 e. The summed E-state index contributed by atoms with van der Waals surface area (Å²) in [6.07, 6.45) is 0.173. The van der Waals surface area contributed by atoms with Gasteiger partial charge in [0.2, 0.25) is 5.91 Å². The maximum atomic E-state index is 12.9. The Labute approximate surface area is 143 Å². The summed E-state index contributed by atoms with van der Waals surface area (Å²) in [6.45, 7) is 0. The minimum atomic E-state index is -0.924. The highest BCUT2D eigenvalue weighted by molar-refractivity contribution is 6.32. The van der Waals surface area contributed by atoms with E-state index in [0.29, 0.717) is 16.3 Å². The molecular formula is C17H16ClFN2O3. The molecule has 0 saturated heterocycles. The van der Waals surface area contributed by atoms with E-state index in [9.17, 15) is 14.0 Å². The van der Waals surface area contributed by atoms with E-state index in [1.54, 1.807) is 18.2 Å². The molecule has 0 radical (unpaired) electrons. The highest BCUT2D eigenvalue weighted by Crippen LogP contribution is 2.25. The van der Waals surface area contributed by atoms with Crippen LogP contribution in [0.1, 0.15) is 15.9 Å². The van der Waals surface area contributed by atoms with Crippen LogP contribution in [0.15, 0.2) is 42.5 Å². The summed E-state index contributed by atoms with van der Waals surface area (Å²) in [5, 5.41) is 2.93. The van der Waals surface area contributed by atoms with E-state index in [-0.39, 0.29) is 12.0 Å². The Bertz CT molecular complexity index is 750. The van der Waals surface area contributed by atoms with Crippen LogP contribution in [0, 0.1) is 5.82 Å². The number of benzene rings is 2. The number of ether oxygens (including phenoxy) is 1. The Balaban J connectivity index is 2.12. The van der Waals surface area contributed by atoms with Crippen molar-refractivity contribution in [3.63, 3.8) is 0 Å². The Morgan fingerprint density at radius 2 is 1.92 bits per heavy atom. The first kappa shape index (κ1) is 17.7. The third-order valence-corrected chi connectivity index (χ3v) is 3.71. The fourth-order valence-electron chi connectivity index (χ4n) is 2.14.